The van der Waals surface area contributed by atoms with Gasteiger partial charge in [-0.25, -0.2) is 27.5 Å². The molecule has 0 spiro atoms. The fourth-order valence-corrected chi connectivity index (χ4v) is 8.98. The summed E-state index contributed by atoms with van der Waals surface area (Å²) in [4.78, 5) is 62.2. The molecule has 78 heavy (non-hydrogen) atoms. The van der Waals surface area contributed by atoms with Gasteiger partial charge in [0.05, 0.1) is 38.4 Å². The van der Waals surface area contributed by atoms with Crippen molar-refractivity contribution >= 4 is 67.9 Å². The van der Waals surface area contributed by atoms with Gasteiger partial charge in [-0.15, -0.1) is 0 Å². The highest BCUT2D eigenvalue weighted by atomic mass is 32.3. The summed E-state index contributed by atoms with van der Waals surface area (Å²) in [5.41, 5.74) is 0. The normalized spacial score (nSPS) is 35.9. The van der Waals surface area contributed by atoms with Crippen molar-refractivity contribution in [1.82, 2.24) is 10.6 Å². The van der Waals surface area contributed by atoms with Gasteiger partial charge in [-0.1, -0.05) is 22.3 Å². The second-order valence-electron chi connectivity index (χ2n) is 16.4. The van der Waals surface area contributed by atoms with E-state index in [0.717, 1.165) is 26.3 Å². The number of aliphatic hydroxyl groups excluding tert-OH is 5. The smallest absolute Gasteiger partial charge is 0.397 e. The Morgan fingerprint density at radius 3 is 1.47 bits per heavy atom. The molecule has 0 saturated carbocycles. The first-order valence-electron chi connectivity index (χ1n) is 22.0. The van der Waals surface area contributed by atoms with E-state index in [0.29, 0.717) is 0 Å². The van der Waals surface area contributed by atoms with Crippen LogP contribution >= 0.6 is 0 Å². The average Bonchev–Trinajstić information content (AvgIpc) is 3.33. The molecule has 4 saturated heterocycles. The van der Waals surface area contributed by atoms with Gasteiger partial charge < -0.3 is 93.6 Å². The minimum atomic E-state index is -5.58. The zero-order chi connectivity index (χ0) is 58.3. The van der Waals surface area contributed by atoms with Crippen molar-refractivity contribution < 1.29 is 169 Å². The molecule has 12 N–H and O–H groups in total. The molecule has 43 heteroatoms. The first-order chi connectivity index (χ1) is 36.5. The number of nitrogens with zero attached hydrogens (tertiary/aromatic N) is 2. The number of carbonyl (C=O) groups excluding carboxylic acids is 3. The molecule has 0 aromatic heterocycles. The second-order valence-corrected chi connectivity index (χ2v) is 19.6. The average molecular weight is 1210 g/mol. The van der Waals surface area contributed by atoms with Crippen LogP contribution in [0, 0.1) is 5.92 Å². The molecular weight excluding hydrogens is 1150 g/mol. The zero-order valence-electron chi connectivity index (χ0n) is 40.2. The SMILES string of the molecule is CC(=O)NC1C(O[C@H]2O[C@H](C(=O)O)C(C)C(O)C2O)C(OS(=O)(=O)O)[C@@H](COOO)O[C@@H]1OC/C=N/OCCO/N=C/CO[C@@H]1OC(COS(=O)(=O)O)[C@H](OS(=O)(=O)O)[C@H](O[C@@H]2OC(OC=O)[C@@H](O)[C@H](O)C2O)C1NC(C)=O. The number of hydrogen-bond acceptors (Lipinski definition) is 34. The maximum atomic E-state index is 12.4. The molecule has 4 rings (SSSR count). The van der Waals surface area contributed by atoms with Crippen LogP contribution in [0.5, 0.6) is 0 Å². The van der Waals surface area contributed by atoms with Gasteiger partial charge >= 0.3 is 37.2 Å². The largest absolute Gasteiger partial charge is 0.479 e. The Kier molecular flexibility index (Phi) is 25.5. The van der Waals surface area contributed by atoms with Crippen molar-refractivity contribution in [1.29, 1.82) is 0 Å². The van der Waals surface area contributed by atoms with E-state index in [1.54, 1.807) is 0 Å². The van der Waals surface area contributed by atoms with Gasteiger partial charge in [0.2, 0.25) is 18.1 Å². The number of carbonyl (C=O) groups is 4. The van der Waals surface area contributed by atoms with Gasteiger partial charge in [-0.05, 0) is 0 Å². The second kappa shape index (κ2) is 30.0. The Hall–Kier alpha value is -4.21. The molecule has 4 aliphatic rings. The van der Waals surface area contributed by atoms with Crippen molar-refractivity contribution in [3.05, 3.63) is 0 Å². The highest BCUT2D eigenvalue weighted by Gasteiger charge is 2.56. The van der Waals surface area contributed by atoms with Gasteiger partial charge in [0.25, 0.3) is 6.47 Å². The Bertz CT molecular complexity index is 2350. The Labute approximate surface area is 439 Å². The maximum absolute atomic E-state index is 12.4. The van der Waals surface area contributed by atoms with E-state index in [1.807, 2.05) is 0 Å². The Balaban J connectivity index is 1.42. The fourth-order valence-electron chi connectivity index (χ4n) is 7.65. The molecule has 0 bridgehead atoms. The quantitative estimate of drug-likeness (QED) is 0.00794. The summed E-state index contributed by atoms with van der Waals surface area (Å²) in [6.07, 6.45) is -32.7. The lowest BCUT2D eigenvalue weighted by atomic mass is 9.90. The third-order valence-corrected chi connectivity index (χ3v) is 12.2. The van der Waals surface area contributed by atoms with Crippen molar-refractivity contribution in [2.24, 2.45) is 16.2 Å². The molecule has 40 nitrogen and oxygen atoms in total. The fraction of sp³-hybridized carbons (Fsp3) is 0.829. The van der Waals surface area contributed by atoms with Gasteiger partial charge in [-0.2, -0.15) is 25.3 Å². The summed E-state index contributed by atoms with van der Waals surface area (Å²) in [7, 11) is -16.3. The van der Waals surface area contributed by atoms with Crippen molar-refractivity contribution in [3.8, 4) is 0 Å². The lowest BCUT2D eigenvalue weighted by molar-refractivity contribution is -0.498. The van der Waals surface area contributed by atoms with Crippen molar-refractivity contribution in [2.45, 2.75) is 138 Å². The zero-order valence-corrected chi connectivity index (χ0v) is 42.7. The number of aliphatic carboxylic acids is 1. The van der Waals surface area contributed by atoms with Crippen LogP contribution in [0.25, 0.3) is 0 Å². The van der Waals surface area contributed by atoms with E-state index in [9.17, 15) is 88.7 Å². The van der Waals surface area contributed by atoms with Crippen LogP contribution in [-0.4, -0.2) is 268 Å². The third-order valence-electron chi connectivity index (χ3n) is 10.9. The third kappa shape index (κ3) is 20.1. The summed E-state index contributed by atoms with van der Waals surface area (Å²) in [5, 5.41) is 86.4. The van der Waals surface area contributed by atoms with Gasteiger partial charge in [-0.3, -0.25) is 28.0 Å². The van der Waals surface area contributed by atoms with Crippen molar-refractivity contribution in [3.63, 3.8) is 0 Å². The lowest BCUT2D eigenvalue weighted by Gasteiger charge is -2.47. The van der Waals surface area contributed by atoms with Crippen LogP contribution < -0.4 is 10.6 Å². The number of ether oxygens (including phenoxy) is 9. The molecule has 450 valence electrons. The summed E-state index contributed by atoms with van der Waals surface area (Å²) < 4.78 is 162. The topological polar surface area (TPSA) is 569 Å². The van der Waals surface area contributed by atoms with Crippen LogP contribution in [0.4, 0.5) is 0 Å². The van der Waals surface area contributed by atoms with E-state index >= 15 is 0 Å². The molecule has 4 fully saturated rings. The summed E-state index contributed by atoms with van der Waals surface area (Å²) >= 11 is 0. The summed E-state index contributed by atoms with van der Waals surface area (Å²) in [6.45, 7) is -1.31. The minimum Gasteiger partial charge on any atom is -0.479 e. The van der Waals surface area contributed by atoms with E-state index in [2.05, 4.69) is 44.0 Å². The van der Waals surface area contributed by atoms with Crippen LogP contribution in [0.1, 0.15) is 20.8 Å². The first-order valence-corrected chi connectivity index (χ1v) is 26.1. The molecule has 0 aromatic rings. The van der Waals surface area contributed by atoms with Crippen LogP contribution in [0.3, 0.4) is 0 Å². The van der Waals surface area contributed by atoms with Gasteiger partial charge in [0, 0.05) is 19.8 Å². The number of amides is 2. The number of carboxylic acid groups (broad SMARTS) is 1. The number of carboxylic acids is 1. The van der Waals surface area contributed by atoms with Gasteiger partial charge in [0.1, 0.15) is 79.7 Å². The highest BCUT2D eigenvalue weighted by Crippen LogP contribution is 2.35. The summed E-state index contributed by atoms with van der Waals surface area (Å²) in [5.74, 6) is -4.59. The molecular formula is C35H56N4O36S3. The van der Waals surface area contributed by atoms with E-state index < -0.39 is 198 Å². The van der Waals surface area contributed by atoms with E-state index in [4.69, 9.17) is 57.0 Å². The van der Waals surface area contributed by atoms with Crippen LogP contribution in [0.15, 0.2) is 10.3 Å². The molecule has 0 aromatic carbocycles. The Morgan fingerprint density at radius 1 is 0.603 bits per heavy atom. The molecule has 20 atom stereocenters. The minimum absolute atomic E-state index is 0.222. The summed E-state index contributed by atoms with van der Waals surface area (Å²) in [6, 6.07) is -3.53. The number of rotatable bonds is 30. The molecule has 4 aliphatic heterocycles. The van der Waals surface area contributed by atoms with Gasteiger partial charge in [0.15, 0.2) is 44.5 Å². The Morgan fingerprint density at radius 2 is 1.05 bits per heavy atom. The maximum Gasteiger partial charge on any atom is 0.397 e. The number of nitrogens with one attached hydrogen (secondary N) is 2. The number of hydrogen-bond donors (Lipinski definition) is 12. The van der Waals surface area contributed by atoms with E-state index in [-0.39, 0.29) is 19.7 Å². The standard InChI is InChI=1S/C35H56N4O36S3/c1-13-20(43)22(45)34(69-25(13)30(48)49)70-28-18(38-14(2)41)31(67-16(10-65-75-50)26(28)73-77(54,55)56)60-6-4-36-63-8-9-64-37-5-7-61-32-19(39-15(3)42)29(71-35-24(47)21(44)23(46)33(72-35)62-12-40)27(74-78(57,58)59)17(68-32)11-66-76(51,52)53/h4-5,12-13,16-29,31-35,43-47,50H,6-11H2,1-3H3,(H,38,41)(H,39,42)(H,48,49)(H,51,52,53)(H,54,55,56)(H,57,58,59)/b36-4+,37-5+/t13?,16-,17?,18?,19?,20?,21+,22?,23+,24?,25+,26?,27+,28?,29-,31+,32-,33?,34-,35-/m1/s1. The van der Waals surface area contributed by atoms with E-state index in [1.165, 1.54) is 6.92 Å². The van der Waals surface area contributed by atoms with Crippen molar-refractivity contribution in [2.75, 3.05) is 39.6 Å². The molecule has 10 unspecified atom stereocenters. The lowest BCUT2D eigenvalue weighted by Crippen LogP contribution is -2.68. The monoisotopic (exact) mass is 1200 g/mol. The number of aliphatic hydroxyl groups is 5. The van der Waals surface area contributed by atoms with Crippen LogP contribution in [0.2, 0.25) is 0 Å². The highest BCUT2D eigenvalue weighted by molar-refractivity contribution is 7.81. The predicted octanol–water partition coefficient (Wildman–Crippen LogP) is -8.02. The first kappa shape index (κ1) is 66.3. The molecule has 2 amide bonds. The molecule has 4 heterocycles. The molecule has 0 aliphatic carbocycles. The van der Waals surface area contributed by atoms with Crippen LogP contribution in [-0.2, 0) is 125 Å². The molecule has 0 radical (unpaired) electrons. The predicted molar refractivity (Wildman–Crippen MR) is 234 cm³/mol. The number of oxime groups is 2.